The molecule has 0 heterocycles. The van der Waals surface area contributed by atoms with Gasteiger partial charge in [0.25, 0.3) is 10.0 Å². The highest BCUT2D eigenvalue weighted by molar-refractivity contribution is 7.92. The second kappa shape index (κ2) is 8.38. The van der Waals surface area contributed by atoms with E-state index in [4.69, 9.17) is 15.2 Å². The number of ether oxygens (including phenoxy) is 2. The van der Waals surface area contributed by atoms with Crippen molar-refractivity contribution in [3.63, 3.8) is 0 Å². The van der Waals surface area contributed by atoms with Crippen molar-refractivity contribution < 1.29 is 31.1 Å². The Morgan fingerprint density at radius 1 is 0.935 bits per heavy atom. The Bertz CT molecular complexity index is 1180. The molecule has 0 unspecified atom stereocenters. The third-order valence-electron chi connectivity index (χ3n) is 4.32. The number of nitrogens with one attached hydrogen (secondary N) is 1. The Morgan fingerprint density at radius 3 is 2.06 bits per heavy atom. The minimum Gasteiger partial charge on any atom is -0.497 e. The van der Waals surface area contributed by atoms with E-state index in [0.29, 0.717) is 11.8 Å². The number of aryl methyl sites for hydroxylation is 1. The molecule has 6 nitrogen and oxygen atoms in total. The Labute approximate surface area is 177 Å². The predicted octanol–water partition coefficient (Wildman–Crippen LogP) is 5.20. The van der Waals surface area contributed by atoms with Crippen LogP contribution in [0.25, 0.3) is 0 Å². The lowest BCUT2D eigenvalue weighted by molar-refractivity contribution is -0.138. The lowest BCUT2D eigenvalue weighted by atomic mass is 10.1. The second-order valence-corrected chi connectivity index (χ2v) is 8.31. The van der Waals surface area contributed by atoms with Crippen LogP contribution in [0.4, 0.5) is 24.5 Å². The summed E-state index contributed by atoms with van der Waals surface area (Å²) in [5.74, 6) is 0.0657. The lowest BCUT2D eigenvalue weighted by Crippen LogP contribution is -2.16. The molecule has 0 aliphatic heterocycles. The van der Waals surface area contributed by atoms with Crippen molar-refractivity contribution in [3.05, 3.63) is 71.8 Å². The molecular formula is C21H19F3N2O4S. The normalized spacial score (nSPS) is 11.8. The summed E-state index contributed by atoms with van der Waals surface area (Å²) in [7, 11) is -2.69. The molecular weight excluding hydrogens is 433 g/mol. The maximum absolute atomic E-state index is 13.7. The molecule has 0 spiro atoms. The molecule has 0 fully saturated rings. The molecule has 3 aromatic rings. The molecule has 31 heavy (non-hydrogen) atoms. The molecule has 0 saturated carbocycles. The average Bonchev–Trinajstić information content (AvgIpc) is 2.70. The Kier molecular flexibility index (Phi) is 6.03. The Hall–Kier alpha value is -3.40. The van der Waals surface area contributed by atoms with Gasteiger partial charge in [-0.1, -0.05) is 17.7 Å². The third-order valence-corrected chi connectivity index (χ3v) is 5.70. The van der Waals surface area contributed by atoms with Gasteiger partial charge in [-0.3, -0.25) is 4.72 Å². The van der Waals surface area contributed by atoms with Gasteiger partial charge in [-0.2, -0.15) is 13.2 Å². The van der Waals surface area contributed by atoms with Crippen molar-refractivity contribution in [3.8, 4) is 17.2 Å². The zero-order chi connectivity index (χ0) is 22.8. The van der Waals surface area contributed by atoms with Gasteiger partial charge < -0.3 is 15.2 Å². The van der Waals surface area contributed by atoms with E-state index >= 15 is 0 Å². The fraction of sp³-hybridized carbons (Fsp3) is 0.143. The fourth-order valence-electron chi connectivity index (χ4n) is 2.68. The first-order valence-electron chi connectivity index (χ1n) is 8.92. The molecule has 0 aliphatic rings. The van der Waals surface area contributed by atoms with Gasteiger partial charge >= 0.3 is 6.18 Å². The van der Waals surface area contributed by atoms with Crippen LogP contribution in [-0.2, 0) is 16.2 Å². The third kappa shape index (κ3) is 5.21. The summed E-state index contributed by atoms with van der Waals surface area (Å²) in [4.78, 5) is -0.107. The van der Waals surface area contributed by atoms with Gasteiger partial charge in [-0.25, -0.2) is 8.42 Å². The molecule has 0 saturated heterocycles. The van der Waals surface area contributed by atoms with Crippen LogP contribution >= 0.6 is 0 Å². The Morgan fingerprint density at radius 2 is 1.52 bits per heavy atom. The van der Waals surface area contributed by atoms with E-state index in [0.717, 1.165) is 11.6 Å². The minimum absolute atomic E-state index is 0.107. The zero-order valence-corrected chi connectivity index (χ0v) is 17.3. The quantitative estimate of drug-likeness (QED) is 0.502. The van der Waals surface area contributed by atoms with Crippen LogP contribution < -0.4 is 19.9 Å². The molecule has 0 amide bonds. The monoisotopic (exact) mass is 452 g/mol. The first-order chi connectivity index (χ1) is 14.5. The largest absolute Gasteiger partial charge is 0.497 e. The van der Waals surface area contributed by atoms with E-state index in [1.54, 1.807) is 19.1 Å². The van der Waals surface area contributed by atoms with Crippen molar-refractivity contribution in [2.75, 3.05) is 17.6 Å². The summed E-state index contributed by atoms with van der Waals surface area (Å²) in [6, 6.07) is 13.3. The number of methoxy groups -OCH3 is 1. The van der Waals surface area contributed by atoms with E-state index in [2.05, 4.69) is 4.72 Å². The van der Waals surface area contributed by atoms with Gasteiger partial charge in [0.1, 0.15) is 22.8 Å². The van der Waals surface area contributed by atoms with Gasteiger partial charge in [0.2, 0.25) is 0 Å². The number of sulfonamides is 1. The number of alkyl halides is 3. The van der Waals surface area contributed by atoms with Crippen LogP contribution in [0.5, 0.6) is 17.2 Å². The van der Waals surface area contributed by atoms with Gasteiger partial charge in [-0.15, -0.1) is 0 Å². The van der Waals surface area contributed by atoms with Crippen LogP contribution in [0.15, 0.2) is 65.6 Å². The van der Waals surface area contributed by atoms with Crippen LogP contribution in [0, 0.1) is 6.92 Å². The predicted molar refractivity (Wildman–Crippen MR) is 111 cm³/mol. The first kappa shape index (κ1) is 22.3. The van der Waals surface area contributed by atoms with Crippen molar-refractivity contribution in [2.45, 2.75) is 18.0 Å². The number of halogens is 3. The number of rotatable bonds is 6. The van der Waals surface area contributed by atoms with E-state index in [9.17, 15) is 21.6 Å². The highest BCUT2D eigenvalue weighted by Gasteiger charge is 2.36. The Balaban J connectivity index is 1.98. The summed E-state index contributed by atoms with van der Waals surface area (Å²) in [6.45, 7) is 1.78. The molecule has 3 aromatic carbocycles. The number of hydrogen-bond donors (Lipinski definition) is 2. The van der Waals surface area contributed by atoms with Gasteiger partial charge in [0, 0.05) is 6.07 Å². The minimum atomic E-state index is -4.82. The molecule has 0 aromatic heterocycles. The van der Waals surface area contributed by atoms with Crippen LogP contribution in [0.1, 0.15) is 11.1 Å². The van der Waals surface area contributed by atoms with E-state index < -0.39 is 33.2 Å². The molecule has 3 rings (SSSR count). The molecule has 3 N–H and O–H groups in total. The summed E-state index contributed by atoms with van der Waals surface area (Å²) >= 11 is 0. The number of anilines is 2. The molecule has 0 bridgehead atoms. The van der Waals surface area contributed by atoms with Crippen LogP contribution in [0.2, 0.25) is 0 Å². The molecule has 0 atom stereocenters. The van der Waals surface area contributed by atoms with Crippen molar-refractivity contribution >= 4 is 21.4 Å². The highest BCUT2D eigenvalue weighted by Crippen LogP contribution is 2.42. The average molecular weight is 452 g/mol. The van der Waals surface area contributed by atoms with Crippen molar-refractivity contribution in [1.29, 1.82) is 0 Å². The summed E-state index contributed by atoms with van der Waals surface area (Å²) in [6.07, 6.45) is -4.82. The van der Waals surface area contributed by atoms with Crippen LogP contribution in [0.3, 0.4) is 0 Å². The van der Waals surface area contributed by atoms with E-state index in [1.807, 2.05) is 0 Å². The van der Waals surface area contributed by atoms with Gasteiger partial charge in [0.15, 0.2) is 0 Å². The second-order valence-electron chi connectivity index (χ2n) is 6.63. The molecule has 164 valence electrons. The van der Waals surface area contributed by atoms with Gasteiger partial charge in [0.05, 0.1) is 23.4 Å². The highest BCUT2D eigenvalue weighted by atomic mass is 32.2. The maximum Gasteiger partial charge on any atom is 0.420 e. The van der Waals surface area contributed by atoms with Crippen LogP contribution in [-0.4, -0.2) is 15.5 Å². The standard InChI is InChI=1S/C21H19F3N2O4S/c1-13-3-9-16(10-4-13)31(27,28)26-19-11-17(21(22,23)24)20(12-18(19)25)30-15-7-5-14(29-2)6-8-15/h3-12,26H,25H2,1-2H3. The van der Waals surface area contributed by atoms with Gasteiger partial charge in [-0.05, 0) is 49.4 Å². The zero-order valence-electron chi connectivity index (χ0n) is 16.5. The van der Waals surface area contributed by atoms with E-state index in [-0.39, 0.29) is 16.3 Å². The topological polar surface area (TPSA) is 90.7 Å². The fourth-order valence-corrected chi connectivity index (χ4v) is 3.76. The summed E-state index contributed by atoms with van der Waals surface area (Å²) in [5, 5.41) is 0. The number of benzene rings is 3. The SMILES string of the molecule is COc1ccc(Oc2cc(N)c(NS(=O)(=O)c3ccc(C)cc3)cc2C(F)(F)F)cc1. The number of hydrogen-bond acceptors (Lipinski definition) is 5. The van der Waals surface area contributed by atoms with Crippen molar-refractivity contribution in [1.82, 2.24) is 0 Å². The number of nitrogens with two attached hydrogens (primary N) is 1. The van der Waals surface area contributed by atoms with E-state index in [1.165, 1.54) is 43.5 Å². The smallest absolute Gasteiger partial charge is 0.420 e. The lowest BCUT2D eigenvalue weighted by Gasteiger charge is -2.18. The molecule has 10 heteroatoms. The summed E-state index contributed by atoms with van der Waals surface area (Å²) < 4.78 is 78.6. The summed E-state index contributed by atoms with van der Waals surface area (Å²) in [5.41, 5.74) is 4.86. The number of nitrogen functional groups attached to an aromatic ring is 1. The maximum atomic E-state index is 13.7. The van der Waals surface area contributed by atoms with Crippen molar-refractivity contribution in [2.24, 2.45) is 0 Å². The first-order valence-corrected chi connectivity index (χ1v) is 10.4. The molecule has 0 radical (unpaired) electrons. The molecule has 0 aliphatic carbocycles.